The fraction of sp³-hybridized carbons (Fsp3) is 0.905. The minimum Gasteiger partial charge on any atom is -0.550 e. The van der Waals surface area contributed by atoms with Gasteiger partial charge in [-0.05, 0) is 191 Å². The molecule has 6 N–H and O–H groups in total. The predicted octanol–water partition coefficient (Wildman–Crippen LogP) is 9.33. The van der Waals surface area contributed by atoms with Gasteiger partial charge in [0.1, 0.15) is 23.8 Å². The van der Waals surface area contributed by atoms with Gasteiger partial charge < -0.3 is 97.8 Å². The summed E-state index contributed by atoms with van der Waals surface area (Å²) in [5, 5.41) is 92.0. The Morgan fingerprint density at radius 1 is 0.458 bits per heavy atom. The van der Waals surface area contributed by atoms with Crippen LogP contribution in [0.3, 0.4) is 0 Å². The maximum atomic E-state index is 14.4. The van der Waals surface area contributed by atoms with E-state index >= 15 is 0 Å². The van der Waals surface area contributed by atoms with Crippen molar-refractivity contribution in [2.24, 2.45) is 82.9 Å². The average Bonchev–Trinajstić information content (AvgIpc) is 1.64. The molecular formula is C84H138MgO22. The maximum Gasteiger partial charge on any atom is 2.00 e. The number of carbonyl (C=O) groups excluding carboxylic acids is 4. The van der Waals surface area contributed by atoms with Crippen LogP contribution in [0, 0.1) is 82.9 Å². The molecule has 22 nitrogen and oxygen atoms in total. The fourth-order valence-electron chi connectivity index (χ4n) is 21.0. The van der Waals surface area contributed by atoms with Gasteiger partial charge in [-0.25, -0.2) is 0 Å². The van der Waals surface area contributed by atoms with E-state index < -0.39 is 166 Å². The number of aliphatic carboxylic acids is 2. The zero-order valence-electron chi connectivity index (χ0n) is 68.5. The second-order valence-electron chi connectivity index (χ2n) is 35.8. The van der Waals surface area contributed by atoms with Crippen LogP contribution in [-0.2, 0) is 66.5 Å². The molecule has 10 aliphatic heterocycles. The summed E-state index contributed by atoms with van der Waals surface area (Å²) in [6, 6.07) is 0. The molecule has 0 unspecified atom stereocenters. The molecule has 23 heteroatoms. The van der Waals surface area contributed by atoms with Gasteiger partial charge in [0.2, 0.25) is 11.6 Å². The van der Waals surface area contributed by atoms with Crippen LogP contribution in [0.2, 0.25) is 0 Å². The van der Waals surface area contributed by atoms with Crippen molar-refractivity contribution < 1.29 is 107 Å². The minimum atomic E-state index is -1.37. The summed E-state index contributed by atoms with van der Waals surface area (Å²) in [5.74, 6) is -12.5. The Hall–Kier alpha value is -2.11. The van der Waals surface area contributed by atoms with Gasteiger partial charge in [0, 0.05) is 84.0 Å². The van der Waals surface area contributed by atoms with E-state index in [0.717, 1.165) is 12.8 Å². The van der Waals surface area contributed by atoms with Crippen molar-refractivity contribution in [3.8, 4) is 0 Å². The summed E-state index contributed by atoms with van der Waals surface area (Å²) >= 11 is 0. The van der Waals surface area contributed by atoms with Crippen LogP contribution in [0.4, 0.5) is 0 Å². The van der Waals surface area contributed by atoms with E-state index in [2.05, 4.69) is 41.5 Å². The Kier molecular flexibility index (Phi) is 30.0. The molecule has 10 rings (SSSR count). The van der Waals surface area contributed by atoms with E-state index in [9.17, 15) is 60.0 Å². The van der Waals surface area contributed by atoms with Crippen LogP contribution in [0.5, 0.6) is 0 Å². The smallest absolute Gasteiger partial charge is 0.550 e. The molecule has 0 aromatic carbocycles. The van der Waals surface area contributed by atoms with Crippen molar-refractivity contribution in [3.63, 3.8) is 0 Å². The molecule has 0 saturated carbocycles. The number of carboxylic acids is 2. The maximum absolute atomic E-state index is 14.4. The first-order valence-corrected chi connectivity index (χ1v) is 41.4. The largest absolute Gasteiger partial charge is 2.00 e. The molecule has 10 aliphatic rings. The van der Waals surface area contributed by atoms with Crippen molar-refractivity contribution in [2.45, 2.75) is 398 Å². The van der Waals surface area contributed by atoms with Gasteiger partial charge >= 0.3 is 23.1 Å². The molecule has 0 radical (unpaired) electrons. The van der Waals surface area contributed by atoms with Gasteiger partial charge in [-0.15, -0.1) is 0 Å². The molecule has 0 aliphatic carbocycles. The summed E-state index contributed by atoms with van der Waals surface area (Å²) in [6.45, 7) is 39.0. The van der Waals surface area contributed by atoms with Gasteiger partial charge in [0.05, 0.1) is 95.7 Å². The molecule has 8 saturated heterocycles. The average molecular weight is 1520 g/mol. The monoisotopic (exact) mass is 1520 g/mol. The molecule has 10 heterocycles. The van der Waals surface area contributed by atoms with Crippen LogP contribution < -0.4 is 10.2 Å². The van der Waals surface area contributed by atoms with Crippen LogP contribution in [0.15, 0.2) is 24.3 Å². The standard InChI is InChI=1S/2C42H70O11.Mg/c2*1-11-29(38(46)47)31-15-14-23(4)36(50-31)27(8)34(44)26(7)35(45)30(12-2)37-24(5)22-25(6)41(51-37)19-16-32(43)42(53-41)21-20-39(10,52-42)33-17-18-40(48,13-3)28(9)49-33;/h2*16,19,23-34,36-37,43-44,48H,11-15,17-18,20-22H2,1-10H3,(H,46,47);/q;;+2/p-2/t2*23-,24-,25+,26-,27-,28-,29+,30-,31+,32+,33+,34+,36+,37-,39-,40+,41-,42-;/m00./s1. The van der Waals surface area contributed by atoms with Crippen molar-refractivity contribution in [1.29, 1.82) is 0 Å². The van der Waals surface area contributed by atoms with Crippen LogP contribution in [-0.4, -0.2) is 208 Å². The van der Waals surface area contributed by atoms with Crippen LogP contribution in [0.1, 0.15) is 267 Å². The van der Waals surface area contributed by atoms with Gasteiger partial charge in [0.15, 0.2) is 11.6 Å². The zero-order chi connectivity index (χ0) is 78.5. The number of aliphatic hydroxyl groups excluding tert-OH is 4. The topological polar surface area (TPSA) is 328 Å². The SMILES string of the molecule is CC[C@@H](C(=O)[C@@H](C)[C@@H](O)[C@H](C)[C@@H]1O[C@@H]([C@@H](CC)C(=O)[O-])CC[C@@H]1C)[C@H]1O[C@]2(C=C[C@@H](O)[C@]3(CC[C@@](C)([C@H]4CC[C@](O)(CC)[C@H](C)O4)O3)O2)[C@H](C)C[C@@H]1C.CC[C@@H](C(=O)[C@@H](C)[C@@H](O)[C@H](C)[C@@H]1O[C@@H]([C@@H](CC)C(=O)[O-])CC[C@@H]1C)[C@H]1O[C@]2(C=C[C@@H](O)[C@]3(CC[C@@](C)([C@H]4CC[C@](O)(CC)[C@H](C)O4)O3)O2)[C@H](C)C[C@@H]1C.[Mg+2]. The molecule has 36 atom stereocenters. The third-order valence-corrected chi connectivity index (χ3v) is 28.9. The Labute approximate surface area is 655 Å². The van der Waals surface area contributed by atoms with Crippen LogP contribution in [0.25, 0.3) is 0 Å². The van der Waals surface area contributed by atoms with Crippen molar-refractivity contribution in [2.75, 3.05) is 0 Å². The number of hydrogen-bond acceptors (Lipinski definition) is 22. The number of carboxylic acid groups (broad SMARTS) is 2. The number of ether oxygens (including phenoxy) is 10. The van der Waals surface area contributed by atoms with Gasteiger partial charge in [-0.1, -0.05) is 111 Å². The molecule has 0 amide bonds. The number of rotatable bonds is 24. The first-order chi connectivity index (χ1) is 49.6. The molecule has 608 valence electrons. The molecule has 107 heavy (non-hydrogen) atoms. The fourth-order valence-corrected chi connectivity index (χ4v) is 21.0. The minimum absolute atomic E-state index is 0. The summed E-state index contributed by atoms with van der Waals surface area (Å²) in [5.41, 5.74) is -3.27. The molecule has 8 fully saturated rings. The van der Waals surface area contributed by atoms with Crippen LogP contribution >= 0.6 is 0 Å². The summed E-state index contributed by atoms with van der Waals surface area (Å²) in [4.78, 5) is 52.5. The predicted molar refractivity (Wildman–Crippen MR) is 398 cm³/mol. The van der Waals surface area contributed by atoms with Gasteiger partial charge in [0.25, 0.3) is 0 Å². The summed E-state index contributed by atoms with van der Waals surface area (Å²) in [6.07, 6.45) is 10.4. The number of Topliss-reactive ketones (excluding diaryl/α,β-unsaturated/α-hetero) is 2. The van der Waals surface area contributed by atoms with Crippen molar-refractivity contribution >= 4 is 46.6 Å². The van der Waals surface area contributed by atoms with E-state index in [1.165, 1.54) is 0 Å². The second-order valence-corrected chi connectivity index (χ2v) is 35.8. The quantitative estimate of drug-likeness (QED) is 0.0387. The van der Waals surface area contributed by atoms with E-state index in [1.807, 2.05) is 83.1 Å². The first-order valence-electron chi connectivity index (χ1n) is 41.4. The summed E-state index contributed by atoms with van der Waals surface area (Å²) < 4.78 is 66.8. The van der Waals surface area contributed by atoms with Crippen molar-refractivity contribution in [1.82, 2.24) is 0 Å². The van der Waals surface area contributed by atoms with E-state index in [0.29, 0.717) is 116 Å². The first kappa shape index (κ1) is 90.4. The molecule has 0 aromatic heterocycles. The van der Waals surface area contributed by atoms with E-state index in [1.54, 1.807) is 38.2 Å². The Bertz CT molecular complexity index is 2850. The molecule has 4 spiro atoms. The summed E-state index contributed by atoms with van der Waals surface area (Å²) in [7, 11) is 0. The molecule has 0 aromatic rings. The van der Waals surface area contributed by atoms with Crippen molar-refractivity contribution in [3.05, 3.63) is 24.3 Å². The van der Waals surface area contributed by atoms with Gasteiger partial charge in [-0.3, -0.25) is 9.59 Å². The number of ketones is 2. The molecular weight excluding hydrogens is 1390 g/mol. The third kappa shape index (κ3) is 17.8. The Morgan fingerprint density at radius 3 is 1.09 bits per heavy atom. The molecule has 0 bridgehead atoms. The van der Waals surface area contributed by atoms with E-state index in [4.69, 9.17) is 47.4 Å². The Morgan fingerprint density at radius 2 is 0.794 bits per heavy atom. The van der Waals surface area contributed by atoms with E-state index in [-0.39, 0.29) is 94.5 Å². The number of aliphatic hydroxyl groups is 6. The van der Waals surface area contributed by atoms with Gasteiger partial charge in [-0.2, -0.15) is 0 Å². The normalized spacial score (nSPS) is 45.7. The Balaban J connectivity index is 0.000000267. The number of carbonyl (C=O) groups is 4. The zero-order valence-corrected chi connectivity index (χ0v) is 70.0. The number of hydrogen-bond donors (Lipinski definition) is 6. The third-order valence-electron chi connectivity index (χ3n) is 28.9. The second kappa shape index (κ2) is 35.5.